The third kappa shape index (κ3) is 2.08. The quantitative estimate of drug-likeness (QED) is 0.690. The summed E-state index contributed by atoms with van der Waals surface area (Å²) in [5, 5.41) is 0. The molecule has 2 saturated carbocycles. The fraction of sp³-hybridized carbons (Fsp3) is 0.826. The molecule has 154 valence electrons. The molecule has 3 saturated heterocycles. The van der Waals surface area contributed by atoms with Gasteiger partial charge in [-0.15, -0.1) is 0 Å². The lowest BCUT2D eigenvalue weighted by molar-refractivity contribution is -0.379. The SMILES string of the molecule is COC1=C2OCC3C4(CCC5C6CC(C=C1)C2C53CCN6C)OCCC(C)O4. The van der Waals surface area contributed by atoms with E-state index in [0.29, 0.717) is 36.3 Å². The molecule has 3 aliphatic carbocycles. The van der Waals surface area contributed by atoms with Gasteiger partial charge in [0.15, 0.2) is 11.5 Å². The highest BCUT2D eigenvalue weighted by Gasteiger charge is 2.71. The summed E-state index contributed by atoms with van der Waals surface area (Å²) in [6.45, 7) is 4.86. The smallest absolute Gasteiger partial charge is 0.175 e. The van der Waals surface area contributed by atoms with E-state index in [1.165, 1.54) is 19.3 Å². The first-order valence-corrected chi connectivity index (χ1v) is 11.2. The molecule has 28 heavy (non-hydrogen) atoms. The minimum absolute atomic E-state index is 0.192. The van der Waals surface area contributed by atoms with Crippen LogP contribution >= 0.6 is 0 Å². The molecule has 0 N–H and O–H groups in total. The summed E-state index contributed by atoms with van der Waals surface area (Å²) in [6.07, 6.45) is 10.4. The van der Waals surface area contributed by atoms with E-state index in [1.54, 1.807) is 7.11 Å². The molecule has 5 fully saturated rings. The van der Waals surface area contributed by atoms with E-state index in [2.05, 4.69) is 31.0 Å². The molecule has 8 atom stereocenters. The molecule has 3 aliphatic heterocycles. The van der Waals surface area contributed by atoms with Crippen molar-refractivity contribution in [2.75, 3.05) is 33.9 Å². The van der Waals surface area contributed by atoms with E-state index < -0.39 is 5.79 Å². The van der Waals surface area contributed by atoms with Crippen LogP contribution in [0.5, 0.6) is 0 Å². The van der Waals surface area contributed by atoms with Gasteiger partial charge in [0.2, 0.25) is 0 Å². The minimum Gasteiger partial charge on any atom is -0.493 e. The summed E-state index contributed by atoms with van der Waals surface area (Å²) in [5.41, 5.74) is 0.192. The number of allylic oxidation sites excluding steroid dienone is 3. The number of likely N-dealkylation sites (tertiary alicyclic amines) is 1. The molecule has 6 rings (SSSR count). The first kappa shape index (κ1) is 17.8. The Morgan fingerprint density at radius 2 is 2.14 bits per heavy atom. The third-order valence-electron chi connectivity index (χ3n) is 9.04. The van der Waals surface area contributed by atoms with Crippen LogP contribution in [0.3, 0.4) is 0 Å². The second-order valence-electron chi connectivity index (χ2n) is 9.97. The molecule has 8 unspecified atom stereocenters. The Balaban J connectivity index is 1.51. The summed E-state index contributed by atoms with van der Waals surface area (Å²) >= 11 is 0. The normalized spacial score (nSPS) is 52.2. The maximum Gasteiger partial charge on any atom is 0.175 e. The van der Waals surface area contributed by atoms with Gasteiger partial charge in [0.05, 0.1) is 32.3 Å². The van der Waals surface area contributed by atoms with E-state index in [4.69, 9.17) is 18.9 Å². The first-order chi connectivity index (χ1) is 13.6. The largest absolute Gasteiger partial charge is 0.493 e. The van der Waals surface area contributed by atoms with E-state index in [9.17, 15) is 0 Å². The van der Waals surface area contributed by atoms with Crippen LogP contribution in [0.2, 0.25) is 0 Å². The van der Waals surface area contributed by atoms with Crippen LogP contribution in [0, 0.1) is 29.1 Å². The summed E-state index contributed by atoms with van der Waals surface area (Å²) in [7, 11) is 4.10. The molecule has 2 spiro atoms. The van der Waals surface area contributed by atoms with Gasteiger partial charge < -0.3 is 23.8 Å². The monoisotopic (exact) mass is 387 g/mol. The van der Waals surface area contributed by atoms with Crippen LogP contribution in [0.4, 0.5) is 0 Å². The summed E-state index contributed by atoms with van der Waals surface area (Å²) < 4.78 is 25.4. The van der Waals surface area contributed by atoms with Gasteiger partial charge in [-0.3, -0.25) is 0 Å². The Kier molecular flexibility index (Phi) is 3.81. The van der Waals surface area contributed by atoms with E-state index in [-0.39, 0.29) is 11.5 Å². The molecular weight excluding hydrogens is 354 g/mol. The van der Waals surface area contributed by atoms with Crippen molar-refractivity contribution in [1.29, 1.82) is 0 Å². The number of methoxy groups -OCH3 is 1. The number of hydrogen-bond acceptors (Lipinski definition) is 5. The maximum atomic E-state index is 6.66. The van der Waals surface area contributed by atoms with Gasteiger partial charge in [-0.05, 0) is 69.5 Å². The average molecular weight is 388 g/mol. The van der Waals surface area contributed by atoms with Gasteiger partial charge in [0.25, 0.3) is 0 Å². The number of nitrogens with zero attached hydrogens (tertiary/aromatic N) is 1. The average Bonchev–Trinajstić information content (AvgIpc) is 2.70. The standard InChI is InChI=1S/C23H33NO4/c1-14-7-11-27-23(28-14)8-6-16-17-12-15-4-5-18(25-3)21-20(15)22(16,9-10-24(17)2)19(23)13-26-21/h4-5,14-17,19-20H,6-13H2,1-3H3. The molecule has 5 nitrogen and oxygen atoms in total. The van der Waals surface area contributed by atoms with Crippen LogP contribution in [-0.4, -0.2) is 56.7 Å². The molecule has 0 aromatic heterocycles. The fourth-order valence-corrected chi connectivity index (χ4v) is 7.99. The summed E-state index contributed by atoms with van der Waals surface area (Å²) in [5.74, 6) is 3.51. The van der Waals surface area contributed by atoms with Gasteiger partial charge in [0.1, 0.15) is 5.76 Å². The van der Waals surface area contributed by atoms with Crippen LogP contribution in [0.1, 0.15) is 39.0 Å². The fourth-order valence-electron chi connectivity index (χ4n) is 7.99. The van der Waals surface area contributed by atoms with Crippen molar-refractivity contribution in [3.05, 3.63) is 23.7 Å². The third-order valence-corrected chi connectivity index (χ3v) is 9.04. The maximum absolute atomic E-state index is 6.66. The second-order valence-corrected chi connectivity index (χ2v) is 9.97. The molecule has 0 radical (unpaired) electrons. The van der Waals surface area contributed by atoms with Gasteiger partial charge in [-0.25, -0.2) is 0 Å². The second kappa shape index (κ2) is 5.99. The lowest BCUT2D eigenvalue weighted by Crippen LogP contribution is -2.73. The van der Waals surface area contributed by atoms with Crippen molar-refractivity contribution in [2.45, 2.75) is 57.0 Å². The van der Waals surface area contributed by atoms with Crippen LogP contribution < -0.4 is 0 Å². The van der Waals surface area contributed by atoms with Crippen LogP contribution in [-0.2, 0) is 18.9 Å². The molecule has 6 aliphatic rings. The van der Waals surface area contributed by atoms with Crippen LogP contribution in [0.15, 0.2) is 23.7 Å². The minimum atomic E-state index is -0.462. The zero-order chi connectivity index (χ0) is 19.1. The highest BCUT2D eigenvalue weighted by atomic mass is 16.7. The predicted molar refractivity (Wildman–Crippen MR) is 104 cm³/mol. The van der Waals surface area contributed by atoms with E-state index in [0.717, 1.165) is 37.5 Å². The lowest BCUT2D eigenvalue weighted by Gasteiger charge is -2.70. The molecule has 3 heterocycles. The van der Waals surface area contributed by atoms with Crippen molar-refractivity contribution >= 4 is 0 Å². The Morgan fingerprint density at radius 1 is 1.25 bits per heavy atom. The first-order valence-electron chi connectivity index (χ1n) is 11.2. The highest BCUT2D eigenvalue weighted by molar-refractivity contribution is 5.34. The van der Waals surface area contributed by atoms with Gasteiger partial charge >= 0.3 is 0 Å². The van der Waals surface area contributed by atoms with Crippen molar-refractivity contribution in [3.63, 3.8) is 0 Å². The van der Waals surface area contributed by atoms with E-state index in [1.807, 2.05) is 0 Å². The van der Waals surface area contributed by atoms with Gasteiger partial charge in [-0.2, -0.15) is 0 Å². The zero-order valence-corrected chi connectivity index (χ0v) is 17.4. The van der Waals surface area contributed by atoms with Crippen molar-refractivity contribution in [2.24, 2.45) is 29.1 Å². The van der Waals surface area contributed by atoms with Crippen molar-refractivity contribution in [1.82, 2.24) is 4.90 Å². The van der Waals surface area contributed by atoms with Crippen molar-refractivity contribution < 1.29 is 18.9 Å². The number of rotatable bonds is 1. The Labute approximate surface area is 168 Å². The summed E-state index contributed by atoms with van der Waals surface area (Å²) in [6, 6.07) is 0.656. The zero-order valence-electron chi connectivity index (χ0n) is 17.4. The Hall–Kier alpha value is -1.04. The summed E-state index contributed by atoms with van der Waals surface area (Å²) in [4.78, 5) is 2.63. The number of piperidine rings is 1. The lowest BCUT2D eigenvalue weighted by atomic mass is 9.41. The van der Waals surface area contributed by atoms with Gasteiger partial charge in [-0.1, -0.05) is 6.08 Å². The Morgan fingerprint density at radius 3 is 2.96 bits per heavy atom. The molecule has 5 heteroatoms. The van der Waals surface area contributed by atoms with E-state index >= 15 is 0 Å². The molecule has 2 bridgehead atoms. The van der Waals surface area contributed by atoms with Crippen molar-refractivity contribution in [3.8, 4) is 0 Å². The number of hydrogen-bond donors (Lipinski definition) is 0. The number of ether oxygens (including phenoxy) is 4. The van der Waals surface area contributed by atoms with Gasteiger partial charge in [0, 0.05) is 18.4 Å². The topological polar surface area (TPSA) is 40.2 Å². The van der Waals surface area contributed by atoms with Crippen LogP contribution in [0.25, 0.3) is 0 Å². The number of fused-ring (bicyclic) bond motifs is 1. The molecular formula is C23H33NO4. The molecule has 0 aromatic rings. The molecule has 0 aromatic carbocycles. The Bertz CT molecular complexity index is 734. The predicted octanol–water partition coefficient (Wildman–Crippen LogP) is 3.32. The molecule has 0 amide bonds. The highest BCUT2D eigenvalue weighted by Crippen LogP contribution is 2.70.